The van der Waals surface area contributed by atoms with Gasteiger partial charge in [0.15, 0.2) is 0 Å². The average Bonchev–Trinajstić information content (AvgIpc) is 2.65. The molecule has 0 amide bonds. The highest BCUT2D eigenvalue weighted by Crippen LogP contribution is 2.28. The van der Waals surface area contributed by atoms with E-state index in [-0.39, 0.29) is 6.42 Å². The molecule has 0 heterocycles. The van der Waals surface area contributed by atoms with Gasteiger partial charge >= 0.3 is 6.18 Å². The molecule has 1 aromatic carbocycles. The van der Waals surface area contributed by atoms with E-state index < -0.39 is 12.2 Å². The van der Waals surface area contributed by atoms with Crippen LogP contribution in [0.1, 0.15) is 23.1 Å². The molecule has 0 aliphatic heterocycles. The fourth-order valence-corrected chi connectivity index (χ4v) is 2.24. The van der Waals surface area contributed by atoms with E-state index >= 15 is 0 Å². The summed E-state index contributed by atoms with van der Waals surface area (Å²) in [6, 6.07) is 3.82. The predicted molar refractivity (Wildman–Crippen MR) is 56.2 cm³/mol. The quantitative estimate of drug-likeness (QED) is 0.828. The molecule has 4 heteroatoms. The Morgan fingerprint density at radius 1 is 1.25 bits per heavy atom. The Morgan fingerprint density at radius 2 is 2.00 bits per heavy atom. The molecule has 0 saturated heterocycles. The topological polar surface area (TPSA) is 26.0 Å². The summed E-state index contributed by atoms with van der Waals surface area (Å²) in [5.41, 5.74) is 8.19. The smallest absolute Gasteiger partial charge is 0.320 e. The molecule has 0 fully saturated rings. The normalized spacial score (nSPS) is 17.2. The molecule has 88 valence electrons. The van der Waals surface area contributed by atoms with Gasteiger partial charge in [0.2, 0.25) is 0 Å². The molecule has 1 aliphatic carbocycles. The van der Waals surface area contributed by atoms with E-state index in [1.165, 1.54) is 5.56 Å². The van der Waals surface area contributed by atoms with Crippen LogP contribution in [0.15, 0.2) is 18.2 Å². The molecule has 1 atom stereocenters. The van der Waals surface area contributed by atoms with Crippen molar-refractivity contribution in [1.82, 2.24) is 0 Å². The molecule has 2 rings (SSSR count). The summed E-state index contributed by atoms with van der Waals surface area (Å²) in [4.78, 5) is 0. The van der Waals surface area contributed by atoms with Crippen molar-refractivity contribution in [3.8, 4) is 0 Å². The van der Waals surface area contributed by atoms with Gasteiger partial charge < -0.3 is 5.73 Å². The Kier molecular flexibility index (Phi) is 2.93. The number of hydrogen-bond donors (Lipinski definition) is 1. The van der Waals surface area contributed by atoms with Gasteiger partial charge in [0, 0.05) is 0 Å². The third kappa shape index (κ3) is 2.21. The molecular weight excluding hydrogens is 215 g/mol. The minimum absolute atomic E-state index is 0.104. The van der Waals surface area contributed by atoms with E-state index in [1.54, 1.807) is 6.07 Å². The standard InChI is InChI=1S/C12H14F3N/c13-12(14,15)11(16)7-9-5-1-3-8-4-2-6-10(8)9/h1,3,5,11H,2,4,6-7,16H2. The highest BCUT2D eigenvalue weighted by molar-refractivity contribution is 5.39. The number of halogens is 3. The number of nitrogens with two attached hydrogens (primary N) is 1. The van der Waals surface area contributed by atoms with Crippen LogP contribution in [0, 0.1) is 0 Å². The van der Waals surface area contributed by atoms with Crippen LogP contribution in [0.3, 0.4) is 0 Å². The lowest BCUT2D eigenvalue weighted by atomic mass is 9.97. The molecule has 2 N–H and O–H groups in total. The zero-order chi connectivity index (χ0) is 11.8. The summed E-state index contributed by atoms with van der Waals surface area (Å²) >= 11 is 0. The molecule has 16 heavy (non-hydrogen) atoms. The zero-order valence-electron chi connectivity index (χ0n) is 8.85. The highest BCUT2D eigenvalue weighted by atomic mass is 19.4. The van der Waals surface area contributed by atoms with E-state index in [0.29, 0.717) is 0 Å². The Hall–Kier alpha value is -1.03. The molecule has 0 aromatic heterocycles. The minimum Gasteiger partial charge on any atom is -0.320 e. The van der Waals surface area contributed by atoms with Crippen molar-refractivity contribution in [3.63, 3.8) is 0 Å². The van der Waals surface area contributed by atoms with Crippen LogP contribution in [-0.4, -0.2) is 12.2 Å². The van der Waals surface area contributed by atoms with Crippen molar-refractivity contribution in [3.05, 3.63) is 34.9 Å². The Morgan fingerprint density at radius 3 is 2.69 bits per heavy atom. The maximum absolute atomic E-state index is 12.4. The number of fused-ring (bicyclic) bond motifs is 1. The monoisotopic (exact) mass is 229 g/mol. The number of hydrogen-bond acceptors (Lipinski definition) is 1. The summed E-state index contributed by atoms with van der Waals surface area (Å²) in [6.45, 7) is 0. The Labute approximate surface area is 92.5 Å². The van der Waals surface area contributed by atoms with Crippen LogP contribution >= 0.6 is 0 Å². The number of benzene rings is 1. The van der Waals surface area contributed by atoms with Gasteiger partial charge in [0.1, 0.15) is 6.04 Å². The summed E-state index contributed by atoms with van der Waals surface area (Å²) in [5, 5.41) is 0. The first-order chi connectivity index (χ1) is 7.48. The molecule has 0 bridgehead atoms. The SMILES string of the molecule is NC(Cc1cccc2c1CCC2)C(F)(F)F. The molecule has 1 aliphatic rings. The molecule has 0 spiro atoms. The van der Waals surface area contributed by atoms with Crippen molar-refractivity contribution in [1.29, 1.82) is 0 Å². The van der Waals surface area contributed by atoms with Gasteiger partial charge in [-0.1, -0.05) is 18.2 Å². The molecule has 1 nitrogen and oxygen atoms in total. The second-order valence-corrected chi connectivity index (χ2v) is 4.26. The van der Waals surface area contributed by atoms with Crippen molar-refractivity contribution in [2.45, 2.75) is 37.9 Å². The molecule has 1 aromatic rings. The van der Waals surface area contributed by atoms with Crippen LogP contribution < -0.4 is 5.73 Å². The average molecular weight is 229 g/mol. The van der Waals surface area contributed by atoms with Gasteiger partial charge in [-0.2, -0.15) is 13.2 Å². The van der Waals surface area contributed by atoms with E-state index in [2.05, 4.69) is 0 Å². The Bertz CT molecular complexity index is 384. The van der Waals surface area contributed by atoms with Gasteiger partial charge in [-0.15, -0.1) is 0 Å². The van der Waals surface area contributed by atoms with E-state index in [0.717, 1.165) is 30.4 Å². The van der Waals surface area contributed by atoms with E-state index in [1.807, 2.05) is 12.1 Å². The summed E-state index contributed by atoms with van der Waals surface area (Å²) in [6.07, 6.45) is -1.51. The van der Waals surface area contributed by atoms with Crippen LogP contribution in [0.25, 0.3) is 0 Å². The van der Waals surface area contributed by atoms with Crippen molar-refractivity contribution in [2.24, 2.45) is 5.73 Å². The fourth-order valence-electron chi connectivity index (χ4n) is 2.24. The molecule has 0 radical (unpaired) electrons. The summed E-state index contributed by atoms with van der Waals surface area (Å²) in [5.74, 6) is 0. The lowest BCUT2D eigenvalue weighted by Gasteiger charge is -2.17. The van der Waals surface area contributed by atoms with Gasteiger partial charge in [-0.05, 0) is 42.4 Å². The number of rotatable bonds is 2. The molecular formula is C12H14F3N. The van der Waals surface area contributed by atoms with Crippen LogP contribution in [-0.2, 0) is 19.3 Å². The van der Waals surface area contributed by atoms with Crippen molar-refractivity contribution < 1.29 is 13.2 Å². The summed E-state index contributed by atoms with van der Waals surface area (Å²) in [7, 11) is 0. The Balaban J connectivity index is 2.20. The first kappa shape index (κ1) is 11.5. The maximum Gasteiger partial charge on any atom is 0.403 e. The lowest BCUT2D eigenvalue weighted by Crippen LogP contribution is -2.39. The number of alkyl halides is 3. The summed E-state index contributed by atoms with van der Waals surface area (Å²) < 4.78 is 37.1. The molecule has 1 unspecified atom stereocenters. The van der Waals surface area contributed by atoms with Gasteiger partial charge in [0.05, 0.1) is 0 Å². The van der Waals surface area contributed by atoms with Crippen LogP contribution in [0.5, 0.6) is 0 Å². The van der Waals surface area contributed by atoms with Gasteiger partial charge in [-0.25, -0.2) is 0 Å². The maximum atomic E-state index is 12.4. The lowest BCUT2D eigenvalue weighted by molar-refractivity contribution is -0.147. The third-order valence-corrected chi connectivity index (χ3v) is 3.10. The van der Waals surface area contributed by atoms with Crippen LogP contribution in [0.2, 0.25) is 0 Å². The second kappa shape index (κ2) is 4.09. The van der Waals surface area contributed by atoms with E-state index in [4.69, 9.17) is 5.73 Å². The minimum atomic E-state index is -4.30. The van der Waals surface area contributed by atoms with E-state index in [9.17, 15) is 13.2 Å². The third-order valence-electron chi connectivity index (χ3n) is 3.10. The van der Waals surface area contributed by atoms with Crippen LogP contribution in [0.4, 0.5) is 13.2 Å². The largest absolute Gasteiger partial charge is 0.403 e. The second-order valence-electron chi connectivity index (χ2n) is 4.26. The van der Waals surface area contributed by atoms with Crippen molar-refractivity contribution >= 4 is 0 Å². The first-order valence-corrected chi connectivity index (χ1v) is 5.40. The fraction of sp³-hybridized carbons (Fsp3) is 0.500. The zero-order valence-corrected chi connectivity index (χ0v) is 8.85. The predicted octanol–water partition coefficient (Wildman–Crippen LogP) is 2.61. The molecule has 0 saturated carbocycles. The highest BCUT2D eigenvalue weighted by Gasteiger charge is 2.37. The van der Waals surface area contributed by atoms with Crippen molar-refractivity contribution in [2.75, 3.05) is 0 Å². The first-order valence-electron chi connectivity index (χ1n) is 5.40. The van der Waals surface area contributed by atoms with Gasteiger partial charge in [0.25, 0.3) is 0 Å². The van der Waals surface area contributed by atoms with Gasteiger partial charge in [-0.3, -0.25) is 0 Å². The number of aryl methyl sites for hydroxylation is 1.